The Bertz CT molecular complexity index is 941. The number of halogens is 2. The minimum atomic E-state index is -0.390. The molecule has 0 saturated carbocycles. The summed E-state index contributed by atoms with van der Waals surface area (Å²) in [6, 6.07) is 12.3. The number of furan rings is 1. The molecular weight excluding hydrogens is 359 g/mol. The van der Waals surface area contributed by atoms with Gasteiger partial charge in [-0.15, -0.1) is 0 Å². The molecule has 2 aromatic carbocycles. The lowest BCUT2D eigenvalue weighted by Crippen LogP contribution is -2.12. The first-order chi connectivity index (χ1) is 11.8. The molecule has 0 spiro atoms. The molecule has 0 bridgehead atoms. The Morgan fingerprint density at radius 3 is 2.44 bits per heavy atom. The van der Waals surface area contributed by atoms with E-state index in [4.69, 9.17) is 33.4 Å². The van der Waals surface area contributed by atoms with Gasteiger partial charge in [0.1, 0.15) is 5.76 Å². The summed E-state index contributed by atoms with van der Waals surface area (Å²) in [7, 11) is 0. The molecule has 1 heterocycles. The highest BCUT2D eigenvalue weighted by molar-refractivity contribution is 6.34. The van der Waals surface area contributed by atoms with Crippen LogP contribution in [0.4, 0.5) is 11.4 Å². The molecule has 0 saturated heterocycles. The molecule has 0 aliphatic heterocycles. The highest BCUT2D eigenvalue weighted by Gasteiger charge is 2.16. The van der Waals surface area contributed by atoms with Crippen LogP contribution in [0.2, 0.25) is 10.0 Å². The van der Waals surface area contributed by atoms with Crippen LogP contribution < -0.4 is 11.1 Å². The Balaban J connectivity index is 1.85. The van der Waals surface area contributed by atoms with Crippen LogP contribution in [0, 0.1) is 13.8 Å². The van der Waals surface area contributed by atoms with E-state index in [9.17, 15) is 4.79 Å². The Morgan fingerprint density at radius 2 is 1.76 bits per heavy atom. The fourth-order valence-corrected chi connectivity index (χ4v) is 2.97. The Labute approximate surface area is 155 Å². The van der Waals surface area contributed by atoms with Gasteiger partial charge < -0.3 is 15.5 Å². The zero-order valence-electron chi connectivity index (χ0n) is 13.7. The molecule has 0 atom stereocenters. The lowest BCUT2D eigenvalue weighted by molar-refractivity contribution is 0.0997. The third kappa shape index (κ3) is 3.65. The fourth-order valence-electron chi connectivity index (χ4n) is 2.47. The van der Waals surface area contributed by atoms with Crippen LogP contribution >= 0.6 is 23.2 Å². The summed E-state index contributed by atoms with van der Waals surface area (Å²) in [4.78, 5) is 12.4. The number of nitrogens with two attached hydrogens (primary N) is 1. The Kier molecular flexibility index (Phi) is 4.75. The van der Waals surface area contributed by atoms with Crippen molar-refractivity contribution in [2.24, 2.45) is 0 Å². The van der Waals surface area contributed by atoms with Crippen molar-refractivity contribution in [2.75, 3.05) is 11.1 Å². The monoisotopic (exact) mass is 374 g/mol. The van der Waals surface area contributed by atoms with E-state index in [0.29, 0.717) is 27.2 Å². The molecule has 1 amide bonds. The number of rotatable bonds is 3. The molecule has 0 aliphatic rings. The Morgan fingerprint density at radius 1 is 1.00 bits per heavy atom. The average molecular weight is 375 g/mol. The third-order valence-electron chi connectivity index (χ3n) is 3.83. The largest absolute Gasteiger partial charge is 0.451 e. The molecule has 0 radical (unpaired) electrons. The van der Waals surface area contributed by atoms with Crippen molar-refractivity contribution >= 4 is 40.5 Å². The van der Waals surface area contributed by atoms with Gasteiger partial charge in [-0.1, -0.05) is 35.3 Å². The summed E-state index contributed by atoms with van der Waals surface area (Å²) in [5.74, 6) is 0.352. The second-order valence-corrected chi connectivity index (χ2v) is 6.59. The van der Waals surface area contributed by atoms with Crippen LogP contribution in [-0.4, -0.2) is 5.91 Å². The number of hydrogen-bond acceptors (Lipinski definition) is 3. The molecule has 25 heavy (non-hydrogen) atoms. The number of carbonyl (C=O) groups is 1. The molecule has 4 nitrogen and oxygen atoms in total. The summed E-state index contributed by atoms with van der Waals surface area (Å²) in [6.45, 7) is 3.74. The maximum absolute atomic E-state index is 12.4. The number of amides is 1. The van der Waals surface area contributed by atoms with Crippen LogP contribution in [0.15, 0.2) is 46.9 Å². The van der Waals surface area contributed by atoms with E-state index in [-0.39, 0.29) is 11.7 Å². The van der Waals surface area contributed by atoms with Crippen molar-refractivity contribution in [3.8, 4) is 11.3 Å². The minimum absolute atomic E-state index is 0.180. The molecular formula is C19H16Cl2N2O2. The van der Waals surface area contributed by atoms with E-state index in [2.05, 4.69) is 5.32 Å². The van der Waals surface area contributed by atoms with E-state index < -0.39 is 0 Å². The van der Waals surface area contributed by atoms with Crippen molar-refractivity contribution in [3.05, 3.63) is 69.4 Å². The van der Waals surface area contributed by atoms with Crippen LogP contribution in [0.5, 0.6) is 0 Å². The second-order valence-electron chi connectivity index (χ2n) is 5.78. The number of aryl methyl sites for hydroxylation is 2. The molecule has 1 aromatic heterocycles. The predicted molar refractivity (Wildman–Crippen MR) is 102 cm³/mol. The topological polar surface area (TPSA) is 68.3 Å². The third-order valence-corrected chi connectivity index (χ3v) is 4.54. The zero-order valence-corrected chi connectivity index (χ0v) is 15.2. The minimum Gasteiger partial charge on any atom is -0.451 e. The highest BCUT2D eigenvalue weighted by Crippen LogP contribution is 2.30. The van der Waals surface area contributed by atoms with E-state index in [1.807, 2.05) is 26.0 Å². The quantitative estimate of drug-likeness (QED) is 0.577. The van der Waals surface area contributed by atoms with Crippen molar-refractivity contribution in [1.29, 1.82) is 0 Å². The van der Waals surface area contributed by atoms with Gasteiger partial charge in [-0.2, -0.15) is 0 Å². The van der Waals surface area contributed by atoms with Gasteiger partial charge in [0.2, 0.25) is 0 Å². The number of nitrogen functional groups attached to an aromatic ring is 1. The molecule has 0 unspecified atom stereocenters. The normalized spacial score (nSPS) is 10.7. The van der Waals surface area contributed by atoms with Gasteiger partial charge in [-0.3, -0.25) is 4.79 Å². The lowest BCUT2D eigenvalue weighted by Gasteiger charge is -2.10. The van der Waals surface area contributed by atoms with Crippen molar-refractivity contribution in [1.82, 2.24) is 0 Å². The molecule has 0 aliphatic carbocycles. The molecule has 3 aromatic rings. The fraction of sp³-hybridized carbons (Fsp3) is 0.105. The number of anilines is 2. The van der Waals surface area contributed by atoms with Crippen molar-refractivity contribution in [3.63, 3.8) is 0 Å². The number of nitrogens with one attached hydrogen (secondary N) is 1. The molecule has 6 heteroatoms. The smallest absolute Gasteiger partial charge is 0.291 e. The van der Waals surface area contributed by atoms with Crippen LogP contribution in [0.1, 0.15) is 21.7 Å². The van der Waals surface area contributed by atoms with E-state index in [1.165, 1.54) is 0 Å². The summed E-state index contributed by atoms with van der Waals surface area (Å²) in [5, 5.41) is 3.78. The summed E-state index contributed by atoms with van der Waals surface area (Å²) in [6.07, 6.45) is 0. The van der Waals surface area contributed by atoms with Gasteiger partial charge in [-0.05, 0) is 55.3 Å². The van der Waals surface area contributed by atoms with Crippen LogP contribution in [0.25, 0.3) is 11.3 Å². The van der Waals surface area contributed by atoms with Crippen molar-refractivity contribution < 1.29 is 9.21 Å². The zero-order chi connectivity index (χ0) is 18.1. The van der Waals surface area contributed by atoms with Crippen LogP contribution in [-0.2, 0) is 0 Å². The maximum Gasteiger partial charge on any atom is 0.291 e. The van der Waals surface area contributed by atoms with Crippen molar-refractivity contribution in [2.45, 2.75) is 13.8 Å². The standard InChI is InChI=1S/C19H16Cl2N2O2/c1-10-3-4-12(8-14(10)20)16-5-6-17(25-16)19(24)23-18-11(2)7-13(22)9-15(18)21/h3-9H,22H2,1-2H3,(H,23,24). The molecule has 128 valence electrons. The van der Waals surface area contributed by atoms with Gasteiger partial charge in [0, 0.05) is 16.3 Å². The summed E-state index contributed by atoms with van der Waals surface area (Å²) >= 11 is 12.3. The molecule has 0 fully saturated rings. The predicted octanol–water partition coefficient (Wildman–Crippen LogP) is 5.70. The number of carbonyl (C=O) groups excluding carboxylic acids is 1. The highest BCUT2D eigenvalue weighted by atomic mass is 35.5. The van der Waals surface area contributed by atoms with Gasteiger partial charge >= 0.3 is 0 Å². The summed E-state index contributed by atoms with van der Waals surface area (Å²) in [5.41, 5.74) is 9.34. The second kappa shape index (κ2) is 6.82. The first-order valence-electron chi connectivity index (χ1n) is 7.58. The van der Waals surface area contributed by atoms with E-state index in [1.54, 1.807) is 30.3 Å². The molecule has 3 rings (SSSR count). The average Bonchev–Trinajstić information content (AvgIpc) is 3.03. The van der Waals surface area contributed by atoms with E-state index >= 15 is 0 Å². The summed E-state index contributed by atoms with van der Waals surface area (Å²) < 4.78 is 5.66. The first-order valence-corrected chi connectivity index (χ1v) is 8.34. The molecule has 3 N–H and O–H groups in total. The van der Waals surface area contributed by atoms with Gasteiger partial charge in [0.05, 0.1) is 10.7 Å². The lowest BCUT2D eigenvalue weighted by atomic mass is 10.1. The van der Waals surface area contributed by atoms with Gasteiger partial charge in [0.25, 0.3) is 5.91 Å². The van der Waals surface area contributed by atoms with Crippen LogP contribution in [0.3, 0.4) is 0 Å². The maximum atomic E-state index is 12.4. The van der Waals surface area contributed by atoms with E-state index in [0.717, 1.165) is 16.7 Å². The Hall–Kier alpha value is -2.43. The number of benzene rings is 2. The number of hydrogen-bond donors (Lipinski definition) is 2. The van der Waals surface area contributed by atoms with Gasteiger partial charge in [0.15, 0.2) is 5.76 Å². The first kappa shape index (κ1) is 17.4. The SMILES string of the molecule is Cc1ccc(-c2ccc(C(=O)Nc3c(C)cc(N)cc3Cl)o2)cc1Cl. The van der Waals surface area contributed by atoms with Gasteiger partial charge in [-0.25, -0.2) is 0 Å².